The summed E-state index contributed by atoms with van der Waals surface area (Å²) in [4.78, 5) is 2.84. The fourth-order valence-corrected chi connectivity index (χ4v) is 1.99. The molecule has 4 nitrogen and oxygen atoms in total. The van der Waals surface area contributed by atoms with Crippen molar-refractivity contribution in [3.8, 4) is 5.88 Å². The lowest BCUT2D eigenvalue weighted by Gasteiger charge is -1.95. The average molecular weight is 269 g/mol. The summed E-state index contributed by atoms with van der Waals surface area (Å²) in [5, 5.41) is 18.7. The molecule has 5 heteroatoms. The van der Waals surface area contributed by atoms with Crippen molar-refractivity contribution < 1.29 is 9.50 Å². The van der Waals surface area contributed by atoms with Gasteiger partial charge in [-0.05, 0) is 43.3 Å². The number of rotatable bonds is 2. The molecule has 100 valence electrons. The first-order valence-corrected chi connectivity index (χ1v) is 6.12. The lowest BCUT2D eigenvalue weighted by Crippen LogP contribution is -1.71. The molecule has 1 heterocycles. The molecular weight excluding hydrogens is 257 g/mol. The Morgan fingerprint density at radius 1 is 1.05 bits per heavy atom. The summed E-state index contributed by atoms with van der Waals surface area (Å²) in [6.45, 7) is 1.96. The standard InChI is InChI=1S/C15H12FN3O/c1-9-2-7-13-12(8-9)14(15(20)17-13)19-18-11-5-3-10(16)4-6-11/h2-8,17,20H,1H3. The number of fused-ring (bicyclic) bond motifs is 1. The zero-order valence-corrected chi connectivity index (χ0v) is 10.8. The van der Waals surface area contributed by atoms with Crippen LogP contribution in [0.5, 0.6) is 5.88 Å². The molecular formula is C15H12FN3O. The molecule has 0 aliphatic carbocycles. The van der Waals surface area contributed by atoms with Gasteiger partial charge in [0.05, 0.1) is 11.2 Å². The highest BCUT2D eigenvalue weighted by atomic mass is 19.1. The molecule has 1 aromatic heterocycles. The van der Waals surface area contributed by atoms with Crippen LogP contribution in [0.1, 0.15) is 5.56 Å². The minimum absolute atomic E-state index is 0.0311. The van der Waals surface area contributed by atoms with E-state index in [0.717, 1.165) is 16.5 Å². The van der Waals surface area contributed by atoms with Gasteiger partial charge in [-0.2, -0.15) is 5.11 Å². The number of nitrogens with zero attached hydrogens (tertiary/aromatic N) is 2. The van der Waals surface area contributed by atoms with Crippen LogP contribution in [0.2, 0.25) is 0 Å². The quantitative estimate of drug-likeness (QED) is 0.649. The molecule has 0 bridgehead atoms. The first-order valence-electron chi connectivity index (χ1n) is 6.12. The number of hydrogen-bond acceptors (Lipinski definition) is 3. The van der Waals surface area contributed by atoms with Crippen molar-refractivity contribution in [1.29, 1.82) is 0 Å². The van der Waals surface area contributed by atoms with Gasteiger partial charge < -0.3 is 10.1 Å². The second kappa shape index (κ2) is 4.77. The second-order valence-electron chi connectivity index (χ2n) is 4.55. The van der Waals surface area contributed by atoms with E-state index in [9.17, 15) is 9.50 Å². The molecule has 2 N–H and O–H groups in total. The number of aromatic nitrogens is 1. The molecule has 0 saturated heterocycles. The van der Waals surface area contributed by atoms with Crippen LogP contribution in [0.4, 0.5) is 15.8 Å². The van der Waals surface area contributed by atoms with E-state index in [2.05, 4.69) is 15.2 Å². The molecule has 3 aromatic rings. The summed E-state index contributed by atoms with van der Waals surface area (Å²) in [5.41, 5.74) is 2.76. The van der Waals surface area contributed by atoms with Gasteiger partial charge in [0.15, 0.2) is 5.69 Å². The highest BCUT2D eigenvalue weighted by Gasteiger charge is 2.10. The SMILES string of the molecule is Cc1ccc2[nH]c(O)c(N=Nc3ccc(F)cc3)c2c1. The lowest BCUT2D eigenvalue weighted by atomic mass is 10.2. The second-order valence-corrected chi connectivity index (χ2v) is 4.55. The van der Waals surface area contributed by atoms with Gasteiger partial charge in [0.1, 0.15) is 5.82 Å². The van der Waals surface area contributed by atoms with Crippen LogP contribution in [0.3, 0.4) is 0 Å². The first kappa shape index (κ1) is 12.3. The highest BCUT2D eigenvalue weighted by molar-refractivity contribution is 5.94. The molecule has 2 aromatic carbocycles. The number of H-pyrrole nitrogens is 1. The summed E-state index contributed by atoms with van der Waals surface area (Å²) in [6, 6.07) is 11.4. The van der Waals surface area contributed by atoms with Crippen LogP contribution in [0.15, 0.2) is 52.7 Å². The summed E-state index contributed by atoms with van der Waals surface area (Å²) in [5.74, 6) is -0.356. The Morgan fingerprint density at radius 2 is 1.80 bits per heavy atom. The van der Waals surface area contributed by atoms with Crippen LogP contribution in [0, 0.1) is 12.7 Å². The van der Waals surface area contributed by atoms with Crippen LogP contribution >= 0.6 is 0 Å². The molecule has 0 saturated carbocycles. The van der Waals surface area contributed by atoms with E-state index in [0.29, 0.717) is 11.4 Å². The van der Waals surface area contributed by atoms with E-state index in [-0.39, 0.29) is 11.7 Å². The molecule has 20 heavy (non-hydrogen) atoms. The molecule has 0 spiro atoms. The van der Waals surface area contributed by atoms with Crippen molar-refractivity contribution >= 4 is 22.3 Å². The minimum atomic E-state index is -0.325. The summed E-state index contributed by atoms with van der Waals surface area (Å²) in [6.07, 6.45) is 0. The molecule has 0 aliphatic rings. The number of hydrogen-bond donors (Lipinski definition) is 2. The summed E-state index contributed by atoms with van der Waals surface area (Å²) < 4.78 is 12.8. The molecule has 0 radical (unpaired) electrons. The maximum absolute atomic E-state index is 12.8. The van der Waals surface area contributed by atoms with Gasteiger partial charge in [0.25, 0.3) is 0 Å². The molecule has 0 atom stereocenters. The van der Waals surface area contributed by atoms with E-state index in [1.165, 1.54) is 24.3 Å². The third-order valence-electron chi connectivity index (χ3n) is 3.00. The topological polar surface area (TPSA) is 60.7 Å². The van der Waals surface area contributed by atoms with Crippen molar-refractivity contribution in [2.75, 3.05) is 0 Å². The Hall–Kier alpha value is -2.69. The third-order valence-corrected chi connectivity index (χ3v) is 3.00. The maximum atomic E-state index is 12.8. The Bertz CT molecular complexity index is 791. The number of nitrogens with one attached hydrogen (secondary N) is 1. The predicted octanol–water partition coefficient (Wildman–Crippen LogP) is 4.74. The molecule has 0 aliphatic heterocycles. The number of aromatic hydroxyl groups is 1. The van der Waals surface area contributed by atoms with E-state index in [4.69, 9.17) is 0 Å². The number of aromatic amines is 1. The normalized spacial score (nSPS) is 11.5. The maximum Gasteiger partial charge on any atom is 0.218 e. The van der Waals surface area contributed by atoms with Gasteiger partial charge in [-0.3, -0.25) is 0 Å². The lowest BCUT2D eigenvalue weighted by molar-refractivity contribution is 0.459. The van der Waals surface area contributed by atoms with Gasteiger partial charge in [0.2, 0.25) is 5.88 Å². The average Bonchev–Trinajstić information content (AvgIpc) is 2.73. The molecule has 3 rings (SSSR count). The van der Waals surface area contributed by atoms with Crippen LogP contribution in [-0.4, -0.2) is 10.1 Å². The Labute approximate surface area is 114 Å². The predicted molar refractivity (Wildman–Crippen MR) is 75.3 cm³/mol. The number of aryl methyl sites for hydroxylation is 1. The number of azo groups is 1. The summed E-state index contributed by atoms with van der Waals surface area (Å²) >= 11 is 0. The number of benzene rings is 2. The van der Waals surface area contributed by atoms with E-state index in [1.54, 1.807) is 0 Å². The Balaban J connectivity index is 2.03. The monoisotopic (exact) mass is 269 g/mol. The van der Waals surface area contributed by atoms with Crippen molar-refractivity contribution in [2.24, 2.45) is 10.2 Å². The van der Waals surface area contributed by atoms with Crippen molar-refractivity contribution in [1.82, 2.24) is 4.98 Å². The first-order chi connectivity index (χ1) is 9.63. The van der Waals surface area contributed by atoms with Crippen LogP contribution in [0.25, 0.3) is 10.9 Å². The van der Waals surface area contributed by atoms with E-state index < -0.39 is 0 Å². The zero-order valence-electron chi connectivity index (χ0n) is 10.8. The molecule has 0 fully saturated rings. The fourth-order valence-electron chi connectivity index (χ4n) is 1.99. The van der Waals surface area contributed by atoms with Gasteiger partial charge in [-0.15, -0.1) is 5.11 Å². The largest absolute Gasteiger partial charge is 0.493 e. The smallest absolute Gasteiger partial charge is 0.218 e. The number of halogens is 1. The Morgan fingerprint density at radius 3 is 2.55 bits per heavy atom. The van der Waals surface area contributed by atoms with E-state index in [1.807, 2.05) is 25.1 Å². The molecule has 0 unspecified atom stereocenters. The Kier molecular flexibility index (Phi) is 2.95. The van der Waals surface area contributed by atoms with Gasteiger partial charge in [0, 0.05) is 5.39 Å². The summed E-state index contributed by atoms with van der Waals surface area (Å²) in [7, 11) is 0. The van der Waals surface area contributed by atoms with Crippen LogP contribution in [-0.2, 0) is 0 Å². The highest BCUT2D eigenvalue weighted by Crippen LogP contribution is 2.36. The van der Waals surface area contributed by atoms with Gasteiger partial charge in [-0.25, -0.2) is 4.39 Å². The van der Waals surface area contributed by atoms with Crippen LogP contribution < -0.4 is 0 Å². The minimum Gasteiger partial charge on any atom is -0.493 e. The molecule has 0 amide bonds. The zero-order chi connectivity index (χ0) is 14.1. The third kappa shape index (κ3) is 2.25. The van der Waals surface area contributed by atoms with E-state index >= 15 is 0 Å². The van der Waals surface area contributed by atoms with Crippen molar-refractivity contribution in [3.63, 3.8) is 0 Å². The fraction of sp³-hybridized carbons (Fsp3) is 0.0667. The van der Waals surface area contributed by atoms with Gasteiger partial charge >= 0.3 is 0 Å². The van der Waals surface area contributed by atoms with Crippen molar-refractivity contribution in [3.05, 3.63) is 53.8 Å². The van der Waals surface area contributed by atoms with Crippen molar-refractivity contribution in [2.45, 2.75) is 6.92 Å². The van der Waals surface area contributed by atoms with Gasteiger partial charge in [-0.1, -0.05) is 11.6 Å².